The van der Waals surface area contributed by atoms with Gasteiger partial charge in [0.1, 0.15) is 11.4 Å². The van der Waals surface area contributed by atoms with Crippen molar-refractivity contribution >= 4 is 18.6 Å². The van der Waals surface area contributed by atoms with E-state index in [-0.39, 0.29) is 5.89 Å². The molecule has 0 spiro atoms. The molecule has 1 heterocycles. The molecule has 0 radical (unpaired) electrons. The fraction of sp³-hybridized carbons (Fsp3) is 0.111. The fourth-order valence-electron chi connectivity index (χ4n) is 2.37. The van der Waals surface area contributed by atoms with E-state index in [1.165, 1.54) is 0 Å². The Morgan fingerprint density at radius 2 is 1.83 bits per heavy atom. The van der Waals surface area contributed by atoms with Gasteiger partial charge in [0.25, 0.3) is 0 Å². The minimum absolute atomic E-state index is 0.0330. The molecule has 0 saturated carbocycles. The van der Waals surface area contributed by atoms with Gasteiger partial charge in [0.2, 0.25) is 5.89 Å². The number of methoxy groups -OCH3 is 1. The summed E-state index contributed by atoms with van der Waals surface area (Å²) < 4.78 is 11.2. The van der Waals surface area contributed by atoms with E-state index in [9.17, 15) is 9.90 Å². The summed E-state index contributed by atoms with van der Waals surface area (Å²) in [6, 6.07) is 16.8. The third-order valence-electron chi connectivity index (χ3n) is 3.51. The van der Waals surface area contributed by atoms with Crippen LogP contribution in [0.2, 0.25) is 0 Å². The highest BCUT2D eigenvalue weighted by Gasteiger charge is 2.26. The van der Waals surface area contributed by atoms with Crippen LogP contribution in [0.15, 0.2) is 59.0 Å². The quantitative estimate of drug-likeness (QED) is 0.684. The van der Waals surface area contributed by atoms with Crippen LogP contribution in [0.4, 0.5) is 0 Å². The third kappa shape index (κ3) is 3.00. The van der Waals surface area contributed by atoms with E-state index in [4.69, 9.17) is 9.15 Å². The van der Waals surface area contributed by atoms with E-state index in [0.717, 1.165) is 5.56 Å². The molecule has 1 atom stereocenters. The first-order valence-electron chi connectivity index (χ1n) is 7.22. The second-order valence-corrected chi connectivity index (χ2v) is 5.55. The number of carbonyl (C=O) groups is 1. The summed E-state index contributed by atoms with van der Waals surface area (Å²) in [5.41, 5.74) is 2.07. The topological polar surface area (TPSA) is 72.6 Å². The fourth-order valence-corrected chi connectivity index (χ4v) is 2.48. The summed E-state index contributed by atoms with van der Waals surface area (Å²) in [6.07, 6.45) is 0. The largest absolute Gasteiger partial charge is 0.496 e. The molecule has 0 amide bonds. The first-order valence-corrected chi connectivity index (χ1v) is 7.74. The molecular formula is C18H15NO4S. The van der Waals surface area contributed by atoms with Crippen LogP contribution in [0.1, 0.15) is 11.1 Å². The lowest BCUT2D eigenvalue weighted by atomic mass is 10.1. The number of nitrogens with zero attached hydrogens (tertiary/aromatic N) is 1. The van der Waals surface area contributed by atoms with Crippen molar-refractivity contribution in [3.8, 4) is 28.3 Å². The van der Waals surface area contributed by atoms with Gasteiger partial charge in [0.05, 0.1) is 12.7 Å². The van der Waals surface area contributed by atoms with Crippen molar-refractivity contribution in [1.82, 2.24) is 4.98 Å². The number of carboxylic acids is 1. The molecule has 1 aromatic heterocycles. The number of carboxylic acid groups (broad SMARTS) is 1. The Morgan fingerprint density at radius 3 is 2.50 bits per heavy atom. The van der Waals surface area contributed by atoms with E-state index in [0.29, 0.717) is 22.8 Å². The molecule has 24 heavy (non-hydrogen) atoms. The van der Waals surface area contributed by atoms with Crippen molar-refractivity contribution < 1.29 is 19.1 Å². The summed E-state index contributed by atoms with van der Waals surface area (Å²) in [4.78, 5) is 15.6. The van der Waals surface area contributed by atoms with Crippen LogP contribution in [0.5, 0.6) is 5.75 Å². The van der Waals surface area contributed by atoms with Crippen LogP contribution >= 0.6 is 12.6 Å². The molecule has 1 N–H and O–H groups in total. The van der Waals surface area contributed by atoms with Gasteiger partial charge in [-0.25, -0.2) is 4.98 Å². The third-order valence-corrected chi connectivity index (χ3v) is 3.95. The minimum Gasteiger partial charge on any atom is -0.496 e. The van der Waals surface area contributed by atoms with E-state index < -0.39 is 11.2 Å². The Balaban J connectivity index is 2.22. The van der Waals surface area contributed by atoms with Gasteiger partial charge in [0.15, 0.2) is 11.0 Å². The molecule has 0 aliphatic carbocycles. The highest BCUT2D eigenvalue weighted by atomic mass is 32.1. The van der Waals surface area contributed by atoms with E-state index in [1.807, 2.05) is 54.6 Å². The zero-order valence-electron chi connectivity index (χ0n) is 12.8. The molecule has 0 fully saturated rings. The monoisotopic (exact) mass is 341 g/mol. The molecule has 122 valence electrons. The number of oxazole rings is 1. The molecule has 0 bridgehead atoms. The standard InChI is InChI=1S/C18H15NO4S/c1-22-13-10-6-5-9-12(13)15-14(11-7-3-2-4-8-11)19-17(23-15)16(24)18(20)21/h2-10,16,24H,1H3,(H,20,21). The van der Waals surface area contributed by atoms with Gasteiger partial charge in [-0.15, -0.1) is 0 Å². The molecular weight excluding hydrogens is 326 g/mol. The Hall–Kier alpha value is -2.73. The molecule has 0 aliphatic heterocycles. The average Bonchev–Trinajstić information content (AvgIpc) is 3.06. The maximum absolute atomic E-state index is 11.2. The lowest BCUT2D eigenvalue weighted by molar-refractivity contribution is -0.136. The number of para-hydroxylation sites is 1. The van der Waals surface area contributed by atoms with Gasteiger partial charge in [0, 0.05) is 5.56 Å². The predicted molar refractivity (Wildman–Crippen MR) is 93.3 cm³/mol. The van der Waals surface area contributed by atoms with Gasteiger partial charge in [-0.1, -0.05) is 42.5 Å². The van der Waals surface area contributed by atoms with Crippen LogP contribution in [-0.4, -0.2) is 23.2 Å². The zero-order valence-corrected chi connectivity index (χ0v) is 13.7. The highest BCUT2D eigenvalue weighted by molar-refractivity contribution is 7.81. The average molecular weight is 341 g/mol. The SMILES string of the molecule is COc1ccccc1-c1oc(C(S)C(=O)O)nc1-c1ccccc1. The number of aliphatic carboxylic acids is 1. The van der Waals surface area contributed by atoms with E-state index in [1.54, 1.807) is 7.11 Å². The summed E-state index contributed by atoms with van der Waals surface area (Å²) >= 11 is 4.06. The van der Waals surface area contributed by atoms with Gasteiger partial charge in [-0.3, -0.25) is 4.79 Å². The lowest BCUT2D eigenvalue weighted by Crippen LogP contribution is -2.05. The first kappa shape index (κ1) is 16.1. The molecule has 5 nitrogen and oxygen atoms in total. The van der Waals surface area contributed by atoms with Gasteiger partial charge in [-0.2, -0.15) is 12.6 Å². The van der Waals surface area contributed by atoms with Crippen molar-refractivity contribution in [2.24, 2.45) is 0 Å². The van der Waals surface area contributed by atoms with Crippen LogP contribution in [0, 0.1) is 0 Å². The van der Waals surface area contributed by atoms with E-state index >= 15 is 0 Å². The molecule has 2 aromatic carbocycles. The second kappa shape index (κ2) is 6.80. The molecule has 6 heteroatoms. The van der Waals surface area contributed by atoms with Crippen molar-refractivity contribution in [1.29, 1.82) is 0 Å². The Kier molecular flexibility index (Phi) is 4.57. The maximum Gasteiger partial charge on any atom is 0.325 e. The lowest BCUT2D eigenvalue weighted by Gasteiger charge is -2.07. The summed E-state index contributed by atoms with van der Waals surface area (Å²) in [6.45, 7) is 0. The van der Waals surface area contributed by atoms with Gasteiger partial charge in [-0.05, 0) is 12.1 Å². The van der Waals surface area contributed by atoms with Crippen LogP contribution in [-0.2, 0) is 4.79 Å². The minimum atomic E-state index is -1.14. The molecule has 0 aliphatic rings. The van der Waals surface area contributed by atoms with E-state index in [2.05, 4.69) is 17.6 Å². The zero-order chi connectivity index (χ0) is 17.1. The number of rotatable bonds is 5. The van der Waals surface area contributed by atoms with Crippen LogP contribution in [0.3, 0.4) is 0 Å². The van der Waals surface area contributed by atoms with Crippen molar-refractivity contribution in [2.45, 2.75) is 5.25 Å². The summed E-state index contributed by atoms with van der Waals surface area (Å²) in [5.74, 6) is -0.0197. The summed E-state index contributed by atoms with van der Waals surface area (Å²) in [5, 5.41) is 8.03. The number of hydrogen-bond donors (Lipinski definition) is 2. The maximum atomic E-state index is 11.2. The molecule has 3 rings (SSSR count). The smallest absolute Gasteiger partial charge is 0.325 e. The summed E-state index contributed by atoms with van der Waals surface area (Å²) in [7, 11) is 1.57. The number of thiol groups is 1. The number of benzene rings is 2. The predicted octanol–water partition coefficient (Wildman–Crippen LogP) is 4.07. The van der Waals surface area contributed by atoms with Crippen LogP contribution < -0.4 is 4.74 Å². The number of ether oxygens (including phenoxy) is 1. The Morgan fingerprint density at radius 1 is 1.17 bits per heavy atom. The molecule has 3 aromatic rings. The number of aromatic nitrogens is 1. The molecule has 0 saturated heterocycles. The highest BCUT2D eigenvalue weighted by Crippen LogP contribution is 2.39. The number of hydrogen-bond acceptors (Lipinski definition) is 5. The first-order chi connectivity index (χ1) is 11.6. The van der Waals surface area contributed by atoms with Gasteiger partial charge < -0.3 is 14.3 Å². The van der Waals surface area contributed by atoms with Gasteiger partial charge >= 0.3 is 5.97 Å². The normalized spacial score (nSPS) is 11.9. The van der Waals surface area contributed by atoms with Crippen molar-refractivity contribution in [3.05, 3.63) is 60.5 Å². The molecule has 1 unspecified atom stereocenters. The Bertz CT molecular complexity index is 860. The van der Waals surface area contributed by atoms with Crippen LogP contribution in [0.25, 0.3) is 22.6 Å². The van der Waals surface area contributed by atoms with Crippen molar-refractivity contribution in [2.75, 3.05) is 7.11 Å². The second-order valence-electron chi connectivity index (χ2n) is 5.04. The van der Waals surface area contributed by atoms with Crippen molar-refractivity contribution in [3.63, 3.8) is 0 Å². The Labute approximate surface area is 144 Å².